The van der Waals surface area contributed by atoms with Gasteiger partial charge >= 0.3 is 0 Å². The minimum atomic E-state index is 0.290. The van der Waals surface area contributed by atoms with E-state index in [1.165, 1.54) is 5.56 Å². The van der Waals surface area contributed by atoms with Crippen molar-refractivity contribution in [2.45, 2.75) is 13.0 Å². The Labute approximate surface area is 125 Å². The molecule has 0 spiro atoms. The molecule has 2 aromatic rings. The second kappa shape index (κ2) is 8.05. The summed E-state index contributed by atoms with van der Waals surface area (Å²) in [6.07, 6.45) is 0.852. The van der Waals surface area contributed by atoms with Gasteiger partial charge in [-0.25, -0.2) is 0 Å². The molecular weight excluding hydrogens is 270 g/mol. The molecule has 2 rings (SSSR count). The number of rotatable bonds is 7. The largest absolute Gasteiger partial charge is 0.376 e. The van der Waals surface area contributed by atoms with E-state index in [0.717, 1.165) is 17.0 Å². The molecule has 3 heteroatoms. The van der Waals surface area contributed by atoms with Crippen LogP contribution in [0.3, 0.4) is 0 Å². The van der Waals surface area contributed by atoms with Gasteiger partial charge in [-0.15, -0.1) is 0 Å². The SMILES string of the molecule is NCC(COCc1ccccc1)Cc1ccccc1Cl. The summed E-state index contributed by atoms with van der Waals surface area (Å²) >= 11 is 6.17. The monoisotopic (exact) mass is 289 g/mol. The Bertz CT molecular complexity index is 515. The lowest BCUT2D eigenvalue weighted by atomic mass is 10.0. The molecule has 106 valence electrons. The van der Waals surface area contributed by atoms with Gasteiger partial charge in [0.15, 0.2) is 0 Å². The van der Waals surface area contributed by atoms with Crippen molar-refractivity contribution >= 4 is 11.6 Å². The normalized spacial score (nSPS) is 12.3. The number of benzene rings is 2. The van der Waals surface area contributed by atoms with Gasteiger partial charge in [0, 0.05) is 5.02 Å². The summed E-state index contributed by atoms with van der Waals surface area (Å²) in [5.74, 6) is 0.290. The van der Waals surface area contributed by atoms with Crippen LogP contribution in [0.15, 0.2) is 54.6 Å². The van der Waals surface area contributed by atoms with Crippen molar-refractivity contribution in [3.63, 3.8) is 0 Å². The maximum absolute atomic E-state index is 6.17. The van der Waals surface area contributed by atoms with E-state index >= 15 is 0 Å². The van der Waals surface area contributed by atoms with Gasteiger partial charge in [0.05, 0.1) is 13.2 Å². The number of nitrogens with two attached hydrogens (primary N) is 1. The van der Waals surface area contributed by atoms with E-state index in [2.05, 4.69) is 12.1 Å². The van der Waals surface area contributed by atoms with Crippen molar-refractivity contribution in [3.05, 3.63) is 70.7 Å². The highest BCUT2D eigenvalue weighted by Crippen LogP contribution is 2.19. The number of ether oxygens (including phenoxy) is 1. The van der Waals surface area contributed by atoms with Crippen LogP contribution < -0.4 is 5.73 Å². The van der Waals surface area contributed by atoms with Gasteiger partial charge in [0.2, 0.25) is 0 Å². The summed E-state index contributed by atoms with van der Waals surface area (Å²) in [7, 11) is 0. The average Bonchev–Trinajstić information content (AvgIpc) is 2.49. The van der Waals surface area contributed by atoms with E-state index in [1.807, 2.05) is 42.5 Å². The highest BCUT2D eigenvalue weighted by molar-refractivity contribution is 6.31. The summed E-state index contributed by atoms with van der Waals surface area (Å²) in [6.45, 7) is 1.87. The van der Waals surface area contributed by atoms with Gasteiger partial charge in [-0.1, -0.05) is 60.1 Å². The molecule has 0 amide bonds. The Morgan fingerprint density at radius 3 is 2.40 bits per heavy atom. The predicted molar refractivity (Wildman–Crippen MR) is 83.8 cm³/mol. The molecule has 0 saturated carbocycles. The summed E-state index contributed by atoms with van der Waals surface area (Å²) < 4.78 is 5.76. The van der Waals surface area contributed by atoms with E-state index < -0.39 is 0 Å². The molecule has 0 aliphatic heterocycles. The number of hydrogen-bond acceptors (Lipinski definition) is 2. The zero-order valence-corrected chi connectivity index (χ0v) is 12.2. The maximum atomic E-state index is 6.17. The van der Waals surface area contributed by atoms with Crippen molar-refractivity contribution in [1.82, 2.24) is 0 Å². The Morgan fingerprint density at radius 2 is 1.70 bits per heavy atom. The first-order valence-corrected chi connectivity index (χ1v) is 7.22. The molecule has 0 aliphatic carbocycles. The van der Waals surface area contributed by atoms with E-state index in [0.29, 0.717) is 25.7 Å². The Balaban J connectivity index is 1.82. The molecule has 0 bridgehead atoms. The van der Waals surface area contributed by atoms with Crippen molar-refractivity contribution in [3.8, 4) is 0 Å². The molecule has 0 aliphatic rings. The van der Waals surface area contributed by atoms with Gasteiger partial charge in [-0.3, -0.25) is 0 Å². The Kier molecular flexibility index (Phi) is 6.06. The lowest BCUT2D eigenvalue weighted by Gasteiger charge is -2.16. The van der Waals surface area contributed by atoms with Gasteiger partial charge in [0.1, 0.15) is 0 Å². The molecule has 1 atom stereocenters. The molecule has 2 N–H and O–H groups in total. The van der Waals surface area contributed by atoms with E-state index in [1.54, 1.807) is 0 Å². The fraction of sp³-hybridized carbons (Fsp3) is 0.294. The molecule has 0 aromatic heterocycles. The first kappa shape index (κ1) is 15.0. The van der Waals surface area contributed by atoms with Crippen LogP contribution in [0.1, 0.15) is 11.1 Å². The molecule has 0 fully saturated rings. The standard InChI is InChI=1S/C17H20ClNO/c18-17-9-5-4-8-16(17)10-15(11-19)13-20-12-14-6-2-1-3-7-14/h1-9,15H,10-13,19H2. The molecule has 0 saturated heterocycles. The lowest BCUT2D eigenvalue weighted by Crippen LogP contribution is -2.22. The topological polar surface area (TPSA) is 35.2 Å². The summed E-state index contributed by atoms with van der Waals surface area (Å²) in [6, 6.07) is 18.1. The lowest BCUT2D eigenvalue weighted by molar-refractivity contribution is 0.0892. The highest BCUT2D eigenvalue weighted by Gasteiger charge is 2.10. The third kappa shape index (κ3) is 4.64. The summed E-state index contributed by atoms with van der Waals surface area (Å²) in [5, 5.41) is 0.800. The molecule has 0 radical (unpaired) electrons. The highest BCUT2D eigenvalue weighted by atomic mass is 35.5. The third-order valence-electron chi connectivity index (χ3n) is 3.26. The van der Waals surface area contributed by atoms with Gasteiger partial charge < -0.3 is 10.5 Å². The van der Waals surface area contributed by atoms with Crippen LogP contribution >= 0.6 is 11.6 Å². The van der Waals surface area contributed by atoms with Crippen molar-refractivity contribution < 1.29 is 4.74 Å². The van der Waals surface area contributed by atoms with E-state index in [9.17, 15) is 0 Å². The van der Waals surface area contributed by atoms with Gasteiger partial charge in [-0.2, -0.15) is 0 Å². The van der Waals surface area contributed by atoms with Crippen LogP contribution in [0, 0.1) is 5.92 Å². The summed E-state index contributed by atoms with van der Waals surface area (Å²) in [5.41, 5.74) is 8.14. The van der Waals surface area contributed by atoms with Crippen molar-refractivity contribution in [2.24, 2.45) is 11.7 Å². The Hall–Kier alpha value is -1.35. The second-order valence-electron chi connectivity index (χ2n) is 4.90. The first-order valence-electron chi connectivity index (χ1n) is 6.84. The molecule has 2 aromatic carbocycles. The van der Waals surface area contributed by atoms with Crippen molar-refractivity contribution in [2.75, 3.05) is 13.2 Å². The number of halogens is 1. The summed E-state index contributed by atoms with van der Waals surface area (Å²) in [4.78, 5) is 0. The van der Waals surface area contributed by atoms with Gasteiger partial charge in [0.25, 0.3) is 0 Å². The smallest absolute Gasteiger partial charge is 0.0717 e. The van der Waals surface area contributed by atoms with E-state index in [-0.39, 0.29) is 0 Å². The quantitative estimate of drug-likeness (QED) is 0.844. The van der Waals surface area contributed by atoms with Crippen LogP contribution in [0.5, 0.6) is 0 Å². The molecule has 1 unspecified atom stereocenters. The fourth-order valence-electron chi connectivity index (χ4n) is 2.10. The minimum absolute atomic E-state index is 0.290. The Morgan fingerprint density at radius 1 is 1.00 bits per heavy atom. The van der Waals surface area contributed by atoms with Crippen LogP contribution in [0.4, 0.5) is 0 Å². The van der Waals surface area contributed by atoms with Crippen molar-refractivity contribution in [1.29, 1.82) is 0 Å². The average molecular weight is 290 g/mol. The zero-order chi connectivity index (χ0) is 14.2. The maximum Gasteiger partial charge on any atom is 0.0717 e. The number of hydrogen-bond donors (Lipinski definition) is 1. The van der Waals surface area contributed by atoms with Gasteiger partial charge in [-0.05, 0) is 36.1 Å². The minimum Gasteiger partial charge on any atom is -0.376 e. The first-order chi connectivity index (χ1) is 9.79. The molecule has 2 nitrogen and oxygen atoms in total. The predicted octanol–water partition coefficient (Wildman–Crippen LogP) is 3.67. The third-order valence-corrected chi connectivity index (χ3v) is 3.63. The fourth-order valence-corrected chi connectivity index (χ4v) is 2.32. The zero-order valence-electron chi connectivity index (χ0n) is 11.5. The van der Waals surface area contributed by atoms with Crippen LogP contribution in [-0.4, -0.2) is 13.2 Å². The van der Waals surface area contributed by atoms with Crippen LogP contribution in [0.2, 0.25) is 5.02 Å². The van der Waals surface area contributed by atoms with Crippen LogP contribution in [-0.2, 0) is 17.8 Å². The second-order valence-corrected chi connectivity index (χ2v) is 5.31. The van der Waals surface area contributed by atoms with E-state index in [4.69, 9.17) is 22.1 Å². The van der Waals surface area contributed by atoms with Crippen LogP contribution in [0.25, 0.3) is 0 Å². The molecule has 20 heavy (non-hydrogen) atoms. The molecule has 0 heterocycles. The molecular formula is C17H20ClNO.